The summed E-state index contributed by atoms with van der Waals surface area (Å²) in [4.78, 5) is 28.6. The molecule has 1 saturated carbocycles. The van der Waals surface area contributed by atoms with E-state index in [9.17, 15) is 14.9 Å². The maximum atomic E-state index is 13.1. The van der Waals surface area contributed by atoms with E-state index in [1.807, 2.05) is 0 Å². The topological polar surface area (TPSA) is 103 Å². The van der Waals surface area contributed by atoms with Gasteiger partial charge in [0.2, 0.25) is 5.82 Å². The minimum atomic E-state index is -0.483. The van der Waals surface area contributed by atoms with Gasteiger partial charge in [-0.15, -0.1) is 5.10 Å². The van der Waals surface area contributed by atoms with Crippen LogP contribution in [0.15, 0.2) is 36.5 Å². The molecule has 3 aromatic rings. The highest BCUT2D eigenvalue weighted by Crippen LogP contribution is 2.41. The van der Waals surface area contributed by atoms with Crippen LogP contribution in [0.3, 0.4) is 0 Å². The van der Waals surface area contributed by atoms with Crippen molar-refractivity contribution in [2.24, 2.45) is 7.05 Å². The number of hydrogen-bond donors (Lipinski definition) is 1. The maximum absolute atomic E-state index is 13.1. The first-order valence-electron chi connectivity index (χ1n) is 9.11. The Kier molecular flexibility index (Phi) is 4.79. The molecule has 8 nitrogen and oxygen atoms in total. The minimum Gasteiger partial charge on any atom is -0.332 e. The molecule has 1 aliphatic rings. The fourth-order valence-electron chi connectivity index (χ4n) is 3.18. The Balaban J connectivity index is 1.81. The van der Waals surface area contributed by atoms with Gasteiger partial charge in [0.25, 0.3) is 0 Å². The first-order valence-corrected chi connectivity index (χ1v) is 9.48. The Bertz CT molecular complexity index is 1140. The molecule has 0 aliphatic heterocycles. The zero-order valence-electron chi connectivity index (χ0n) is 15.8. The molecule has 0 saturated heterocycles. The van der Waals surface area contributed by atoms with Gasteiger partial charge < -0.3 is 5.32 Å². The highest BCUT2D eigenvalue weighted by molar-refractivity contribution is 6.35. The number of aryl methyl sites for hydroxylation is 1. The molecule has 0 amide bonds. The van der Waals surface area contributed by atoms with Crippen molar-refractivity contribution in [3.8, 4) is 0 Å². The van der Waals surface area contributed by atoms with Gasteiger partial charge in [-0.3, -0.25) is 24.6 Å². The summed E-state index contributed by atoms with van der Waals surface area (Å²) < 4.78 is 1.43. The largest absolute Gasteiger partial charge is 0.333 e. The molecule has 2 aromatic heterocycles. The number of halogens is 1. The molecular formula is C20H18ClN5O3. The van der Waals surface area contributed by atoms with Crippen LogP contribution < -0.4 is 5.32 Å². The molecule has 0 atom stereocenters. The van der Waals surface area contributed by atoms with E-state index >= 15 is 0 Å². The fraction of sp³-hybridized carbons (Fsp3) is 0.250. The van der Waals surface area contributed by atoms with Crippen molar-refractivity contribution in [2.45, 2.75) is 25.7 Å². The van der Waals surface area contributed by atoms with Crippen LogP contribution >= 0.6 is 11.6 Å². The Morgan fingerprint density at radius 3 is 2.69 bits per heavy atom. The first-order chi connectivity index (χ1) is 13.9. The van der Waals surface area contributed by atoms with Crippen molar-refractivity contribution in [1.29, 1.82) is 0 Å². The average Bonchev–Trinajstić information content (AvgIpc) is 3.48. The van der Waals surface area contributed by atoms with Gasteiger partial charge in [-0.2, -0.15) is 0 Å². The number of benzene rings is 1. The van der Waals surface area contributed by atoms with E-state index in [4.69, 9.17) is 11.6 Å². The Labute approximate surface area is 171 Å². The van der Waals surface area contributed by atoms with Crippen LogP contribution in [0.25, 0.3) is 0 Å². The molecule has 1 aliphatic carbocycles. The molecule has 4 rings (SSSR count). The lowest BCUT2D eigenvalue weighted by Crippen LogP contribution is -2.09. The molecule has 0 unspecified atom stereocenters. The average molecular weight is 412 g/mol. The van der Waals surface area contributed by atoms with Crippen LogP contribution in [0.1, 0.15) is 46.1 Å². The lowest BCUT2D eigenvalue weighted by Gasteiger charge is -2.12. The van der Waals surface area contributed by atoms with Crippen molar-refractivity contribution in [3.05, 3.63) is 74.2 Å². The van der Waals surface area contributed by atoms with E-state index in [1.165, 1.54) is 10.9 Å². The van der Waals surface area contributed by atoms with Gasteiger partial charge in [0.1, 0.15) is 5.69 Å². The number of nitrogens with zero attached hydrogens (tertiary/aromatic N) is 4. The molecular weight excluding hydrogens is 394 g/mol. The quantitative estimate of drug-likeness (QED) is 0.363. The van der Waals surface area contributed by atoms with Crippen molar-refractivity contribution in [3.63, 3.8) is 0 Å². The van der Waals surface area contributed by atoms with Gasteiger partial charge in [-0.25, -0.2) is 0 Å². The van der Waals surface area contributed by atoms with Crippen LogP contribution in [-0.2, 0) is 7.05 Å². The number of pyridine rings is 1. The monoisotopic (exact) mass is 411 g/mol. The number of aromatic nitrogens is 3. The first kappa shape index (κ1) is 19.1. The van der Waals surface area contributed by atoms with Gasteiger partial charge >= 0.3 is 5.69 Å². The molecule has 1 aromatic carbocycles. The smallest absolute Gasteiger partial charge is 0.332 e. The number of nitro groups is 1. The minimum absolute atomic E-state index is 0.0798. The summed E-state index contributed by atoms with van der Waals surface area (Å²) in [7, 11) is 1.63. The van der Waals surface area contributed by atoms with Crippen LogP contribution in [-0.4, -0.2) is 25.5 Å². The Morgan fingerprint density at radius 1 is 1.31 bits per heavy atom. The highest BCUT2D eigenvalue weighted by atomic mass is 35.5. The second-order valence-electron chi connectivity index (χ2n) is 7.03. The second kappa shape index (κ2) is 7.29. The van der Waals surface area contributed by atoms with Crippen LogP contribution in [0, 0.1) is 17.0 Å². The SMILES string of the molecule is Cc1c([N+](=O)[O-])c(Nc2cc(C3CC3)ncc2C(=O)c2ccccc2Cl)nn1C. The summed E-state index contributed by atoms with van der Waals surface area (Å²) in [5.74, 6) is 0.111. The number of hydrogen-bond acceptors (Lipinski definition) is 6. The van der Waals surface area contributed by atoms with E-state index in [0.29, 0.717) is 27.9 Å². The number of ketones is 1. The third-order valence-corrected chi connectivity index (χ3v) is 5.35. The summed E-state index contributed by atoms with van der Waals surface area (Å²) in [6.45, 7) is 1.62. The number of carbonyl (C=O) groups excluding carboxylic acids is 1. The van der Waals surface area contributed by atoms with Crippen molar-refractivity contribution < 1.29 is 9.72 Å². The van der Waals surface area contributed by atoms with Crippen molar-refractivity contribution in [1.82, 2.24) is 14.8 Å². The molecule has 148 valence electrons. The van der Waals surface area contributed by atoms with Crippen LogP contribution in [0.2, 0.25) is 5.02 Å². The highest BCUT2D eigenvalue weighted by Gasteiger charge is 2.29. The maximum Gasteiger partial charge on any atom is 0.333 e. The molecule has 9 heteroatoms. The molecule has 1 N–H and O–H groups in total. The van der Waals surface area contributed by atoms with Gasteiger partial charge in [0.15, 0.2) is 5.78 Å². The molecule has 0 bridgehead atoms. The van der Waals surface area contributed by atoms with E-state index in [1.54, 1.807) is 44.3 Å². The number of carbonyl (C=O) groups is 1. The van der Waals surface area contributed by atoms with Gasteiger partial charge in [-0.05, 0) is 38.0 Å². The summed E-state index contributed by atoms with van der Waals surface area (Å²) in [5.41, 5.74) is 2.16. The fourth-order valence-corrected chi connectivity index (χ4v) is 3.40. The van der Waals surface area contributed by atoms with Crippen LogP contribution in [0.4, 0.5) is 17.2 Å². The normalized spacial score (nSPS) is 13.3. The van der Waals surface area contributed by atoms with E-state index in [0.717, 1.165) is 18.5 Å². The summed E-state index contributed by atoms with van der Waals surface area (Å²) in [5, 5.41) is 19.1. The zero-order chi connectivity index (χ0) is 20.7. The predicted molar refractivity (Wildman–Crippen MR) is 109 cm³/mol. The van der Waals surface area contributed by atoms with Gasteiger partial charge in [0, 0.05) is 30.4 Å². The Morgan fingerprint density at radius 2 is 2.03 bits per heavy atom. The Hall–Kier alpha value is -3.26. The van der Waals surface area contributed by atoms with E-state index in [-0.39, 0.29) is 22.9 Å². The third kappa shape index (κ3) is 3.58. The van der Waals surface area contributed by atoms with Gasteiger partial charge in [-0.1, -0.05) is 23.7 Å². The van der Waals surface area contributed by atoms with Crippen molar-refractivity contribution in [2.75, 3.05) is 5.32 Å². The van der Waals surface area contributed by atoms with Crippen LogP contribution in [0.5, 0.6) is 0 Å². The molecule has 2 heterocycles. The summed E-state index contributed by atoms with van der Waals surface area (Å²) in [6, 6.07) is 8.52. The molecule has 0 radical (unpaired) electrons. The predicted octanol–water partition coefficient (Wildman–Crippen LogP) is 4.54. The zero-order valence-corrected chi connectivity index (χ0v) is 16.6. The van der Waals surface area contributed by atoms with E-state index < -0.39 is 4.92 Å². The summed E-state index contributed by atoms with van der Waals surface area (Å²) in [6.07, 6.45) is 3.57. The molecule has 0 spiro atoms. The lowest BCUT2D eigenvalue weighted by molar-refractivity contribution is -0.384. The second-order valence-corrected chi connectivity index (χ2v) is 7.43. The molecule has 29 heavy (non-hydrogen) atoms. The van der Waals surface area contributed by atoms with Gasteiger partial charge in [0.05, 0.1) is 21.2 Å². The summed E-state index contributed by atoms with van der Waals surface area (Å²) >= 11 is 6.20. The third-order valence-electron chi connectivity index (χ3n) is 5.02. The molecule has 1 fully saturated rings. The lowest BCUT2D eigenvalue weighted by atomic mass is 10.0. The van der Waals surface area contributed by atoms with E-state index in [2.05, 4.69) is 15.4 Å². The number of rotatable bonds is 6. The van der Waals surface area contributed by atoms with Crippen molar-refractivity contribution >= 4 is 34.6 Å². The number of nitrogens with one attached hydrogen (secondary N) is 1. The number of anilines is 2. The standard InChI is InChI=1S/C20H18ClN5O3/c1-11-18(26(28)29)20(24-25(11)2)23-17-9-16(12-7-8-12)22-10-14(17)19(27)13-5-3-4-6-15(13)21/h3-6,9-10,12H,7-8H2,1-2H3,(H,22,23,24).